The molecule has 1 heterocycles. The number of rotatable bonds is 6. The van der Waals surface area contributed by atoms with Gasteiger partial charge in [0.25, 0.3) is 0 Å². The largest absolute Gasteiger partial charge is 0.368 e. The molecule has 1 amide bonds. The molecule has 0 unspecified atom stereocenters. The van der Waals surface area contributed by atoms with Crippen molar-refractivity contribution in [3.05, 3.63) is 30.3 Å². The third kappa shape index (κ3) is 7.68. The normalized spacial score (nSPS) is 18.2. The monoisotopic (exact) mass is 513 g/mol. The van der Waals surface area contributed by atoms with Crippen LogP contribution in [-0.4, -0.2) is 62.1 Å². The Balaban J connectivity index is 0.00000300. The fourth-order valence-corrected chi connectivity index (χ4v) is 4.05. The number of halogens is 1. The van der Waals surface area contributed by atoms with Gasteiger partial charge < -0.3 is 20.4 Å². The Bertz CT molecular complexity index is 625. The van der Waals surface area contributed by atoms with Gasteiger partial charge >= 0.3 is 0 Å². The first-order valence-corrected chi connectivity index (χ1v) is 10.9. The van der Waals surface area contributed by atoms with E-state index in [-0.39, 0.29) is 29.9 Å². The Labute approximate surface area is 192 Å². The van der Waals surface area contributed by atoms with E-state index >= 15 is 0 Å². The van der Waals surface area contributed by atoms with Crippen LogP contribution in [0.3, 0.4) is 0 Å². The van der Waals surface area contributed by atoms with Crippen molar-refractivity contribution in [2.24, 2.45) is 4.99 Å². The molecule has 162 valence electrons. The van der Waals surface area contributed by atoms with Gasteiger partial charge in [-0.1, -0.05) is 37.5 Å². The molecule has 2 fully saturated rings. The Hall–Kier alpha value is -1.51. The first-order chi connectivity index (χ1) is 13.8. The molecular weight excluding hydrogens is 477 g/mol. The van der Waals surface area contributed by atoms with E-state index in [0.29, 0.717) is 19.0 Å². The van der Waals surface area contributed by atoms with Crippen LogP contribution in [0.25, 0.3) is 0 Å². The number of amides is 1. The highest BCUT2D eigenvalue weighted by Crippen LogP contribution is 2.17. The predicted octanol–water partition coefficient (Wildman–Crippen LogP) is 3.23. The van der Waals surface area contributed by atoms with E-state index < -0.39 is 0 Å². The lowest BCUT2D eigenvalue weighted by Crippen LogP contribution is -2.52. The number of carbonyl (C=O) groups excluding carboxylic acids is 1. The summed E-state index contributed by atoms with van der Waals surface area (Å²) in [4.78, 5) is 21.6. The van der Waals surface area contributed by atoms with Crippen molar-refractivity contribution in [2.45, 2.75) is 51.5 Å². The lowest BCUT2D eigenvalue weighted by Gasteiger charge is -2.37. The quantitative estimate of drug-likeness (QED) is 0.349. The van der Waals surface area contributed by atoms with Crippen molar-refractivity contribution in [1.82, 2.24) is 15.5 Å². The maximum absolute atomic E-state index is 12.2. The van der Waals surface area contributed by atoms with Crippen LogP contribution in [0.15, 0.2) is 35.3 Å². The summed E-state index contributed by atoms with van der Waals surface area (Å²) in [6.45, 7) is 7.31. The molecule has 6 nitrogen and oxygen atoms in total. The van der Waals surface area contributed by atoms with Gasteiger partial charge in [-0.25, -0.2) is 0 Å². The molecule has 1 aromatic carbocycles. The molecule has 1 aliphatic carbocycles. The zero-order valence-corrected chi connectivity index (χ0v) is 19.9. The van der Waals surface area contributed by atoms with Crippen LogP contribution in [0.1, 0.15) is 45.4 Å². The molecule has 2 aliphatic rings. The number of hydrogen-bond donors (Lipinski definition) is 2. The van der Waals surface area contributed by atoms with Crippen molar-refractivity contribution in [3.8, 4) is 0 Å². The second-order valence-electron chi connectivity index (χ2n) is 7.70. The first-order valence-electron chi connectivity index (χ1n) is 10.9. The zero-order chi connectivity index (χ0) is 19.6. The molecule has 0 radical (unpaired) electrons. The Kier molecular flexibility index (Phi) is 10.6. The van der Waals surface area contributed by atoms with Crippen molar-refractivity contribution in [2.75, 3.05) is 44.2 Å². The summed E-state index contributed by atoms with van der Waals surface area (Å²) in [5, 5.41) is 6.57. The number of nitrogens with zero attached hydrogens (tertiary/aromatic N) is 3. The molecule has 1 aromatic rings. The minimum absolute atomic E-state index is 0. The lowest BCUT2D eigenvalue weighted by atomic mass is 9.95. The van der Waals surface area contributed by atoms with E-state index in [2.05, 4.69) is 57.7 Å². The Morgan fingerprint density at radius 2 is 1.76 bits per heavy atom. The molecule has 3 rings (SSSR count). The molecule has 0 aromatic heterocycles. The second-order valence-corrected chi connectivity index (χ2v) is 7.70. The number of hydrogen-bond acceptors (Lipinski definition) is 3. The highest BCUT2D eigenvalue weighted by molar-refractivity contribution is 14.0. The fraction of sp³-hybridized carbons (Fsp3) is 0.636. The molecule has 1 saturated carbocycles. The van der Waals surface area contributed by atoms with Gasteiger partial charge in [0.1, 0.15) is 0 Å². The van der Waals surface area contributed by atoms with Gasteiger partial charge in [0.05, 0.1) is 6.54 Å². The second kappa shape index (κ2) is 12.9. The summed E-state index contributed by atoms with van der Waals surface area (Å²) in [5.41, 5.74) is 1.28. The molecule has 0 spiro atoms. The zero-order valence-electron chi connectivity index (χ0n) is 17.6. The van der Waals surface area contributed by atoms with E-state index in [0.717, 1.165) is 51.5 Å². The summed E-state index contributed by atoms with van der Waals surface area (Å²) in [7, 11) is 0. The van der Waals surface area contributed by atoms with Gasteiger partial charge in [-0.05, 0) is 31.9 Å². The third-order valence-electron chi connectivity index (χ3n) is 5.61. The molecule has 0 atom stereocenters. The third-order valence-corrected chi connectivity index (χ3v) is 5.61. The highest BCUT2D eigenvalue weighted by atomic mass is 127. The van der Waals surface area contributed by atoms with Gasteiger partial charge in [0.15, 0.2) is 5.96 Å². The lowest BCUT2D eigenvalue weighted by molar-refractivity contribution is -0.121. The minimum atomic E-state index is 0. The van der Waals surface area contributed by atoms with Gasteiger partial charge in [0, 0.05) is 50.9 Å². The maximum atomic E-state index is 12.2. The van der Waals surface area contributed by atoms with Gasteiger partial charge in [-0.15, -0.1) is 24.0 Å². The van der Waals surface area contributed by atoms with E-state index in [9.17, 15) is 4.79 Å². The van der Waals surface area contributed by atoms with Crippen LogP contribution >= 0.6 is 24.0 Å². The van der Waals surface area contributed by atoms with Crippen molar-refractivity contribution >= 4 is 41.5 Å². The van der Waals surface area contributed by atoms with E-state index in [1.54, 1.807) is 0 Å². The van der Waals surface area contributed by atoms with Crippen LogP contribution in [0.2, 0.25) is 0 Å². The molecule has 7 heteroatoms. The van der Waals surface area contributed by atoms with Crippen LogP contribution in [0.5, 0.6) is 0 Å². The van der Waals surface area contributed by atoms with Gasteiger partial charge in [0.2, 0.25) is 5.91 Å². The summed E-state index contributed by atoms with van der Waals surface area (Å²) >= 11 is 0. The maximum Gasteiger partial charge on any atom is 0.222 e. The Morgan fingerprint density at radius 3 is 2.41 bits per heavy atom. The van der Waals surface area contributed by atoms with Gasteiger partial charge in [-0.3, -0.25) is 9.79 Å². The summed E-state index contributed by atoms with van der Waals surface area (Å²) in [5.74, 6) is 1.07. The summed E-state index contributed by atoms with van der Waals surface area (Å²) in [6.07, 6.45) is 6.51. The summed E-state index contributed by atoms with van der Waals surface area (Å²) in [6, 6.07) is 10.9. The number of guanidine groups is 1. The average Bonchev–Trinajstić information content (AvgIpc) is 2.75. The van der Waals surface area contributed by atoms with Crippen LogP contribution in [-0.2, 0) is 4.79 Å². The average molecular weight is 513 g/mol. The molecule has 29 heavy (non-hydrogen) atoms. The van der Waals surface area contributed by atoms with Crippen molar-refractivity contribution in [1.29, 1.82) is 0 Å². The Morgan fingerprint density at radius 1 is 1.07 bits per heavy atom. The number of carbonyl (C=O) groups is 1. The number of piperazine rings is 1. The minimum Gasteiger partial charge on any atom is -0.368 e. The van der Waals surface area contributed by atoms with Crippen LogP contribution in [0.4, 0.5) is 5.69 Å². The van der Waals surface area contributed by atoms with Crippen molar-refractivity contribution in [3.63, 3.8) is 0 Å². The first kappa shape index (κ1) is 23.8. The van der Waals surface area contributed by atoms with Gasteiger partial charge in [-0.2, -0.15) is 0 Å². The molecular formula is C22H36IN5O. The fourth-order valence-electron chi connectivity index (χ4n) is 4.05. The molecule has 0 bridgehead atoms. The number of para-hydroxylation sites is 1. The molecule has 1 saturated heterocycles. The van der Waals surface area contributed by atoms with E-state index in [1.165, 1.54) is 24.9 Å². The standard InChI is InChI=1S/C22H35N5O.HI/c1-2-23-22(24-14-13-21(28)25-19-9-5-3-6-10-19)27-17-15-26(16-18-27)20-11-7-4-8-12-20;/h4,7-8,11-12,19H,2-3,5-6,9-10,13-18H2,1H3,(H,23,24)(H,25,28);1H. The van der Waals surface area contributed by atoms with E-state index in [4.69, 9.17) is 4.99 Å². The van der Waals surface area contributed by atoms with Crippen LogP contribution in [0, 0.1) is 0 Å². The van der Waals surface area contributed by atoms with Crippen molar-refractivity contribution < 1.29 is 4.79 Å². The highest BCUT2D eigenvalue weighted by Gasteiger charge is 2.20. The molecule has 1 aliphatic heterocycles. The smallest absolute Gasteiger partial charge is 0.222 e. The van der Waals surface area contributed by atoms with E-state index in [1.807, 2.05) is 0 Å². The number of anilines is 1. The SMILES string of the molecule is CCNC(=NCCC(=O)NC1CCCCC1)N1CCN(c2ccccc2)CC1.I. The van der Waals surface area contributed by atoms with Crippen LogP contribution < -0.4 is 15.5 Å². The number of benzene rings is 1. The predicted molar refractivity (Wildman–Crippen MR) is 131 cm³/mol. The number of aliphatic imine (C=N–C) groups is 1. The summed E-state index contributed by atoms with van der Waals surface area (Å²) < 4.78 is 0. The topological polar surface area (TPSA) is 60.0 Å². The molecule has 2 N–H and O–H groups in total. The number of nitrogens with one attached hydrogen (secondary N) is 2.